The number of anilines is 1. The summed E-state index contributed by atoms with van der Waals surface area (Å²) >= 11 is 0. The highest BCUT2D eigenvalue weighted by Gasteiger charge is 2.27. The Hall–Kier alpha value is -4.13. The minimum absolute atomic E-state index is 0.0461. The first-order valence-corrected chi connectivity index (χ1v) is 10.5. The number of pyridine rings is 1. The van der Waals surface area contributed by atoms with Gasteiger partial charge in [-0.2, -0.15) is 5.10 Å². The summed E-state index contributed by atoms with van der Waals surface area (Å²) in [4.78, 5) is 27.5. The zero-order chi connectivity index (χ0) is 28.5. The van der Waals surface area contributed by atoms with Crippen LogP contribution in [0.1, 0.15) is 31.3 Å². The number of hydrogen-bond donors (Lipinski definition) is 4. The largest absolute Gasteiger partial charge is 0.506 e. The van der Waals surface area contributed by atoms with Gasteiger partial charge in [0, 0.05) is 59.3 Å². The zero-order valence-electron chi connectivity index (χ0n) is 22.5. The van der Waals surface area contributed by atoms with E-state index in [1.807, 2.05) is 0 Å². The SMILES string of the molecule is O=CO.O=CO.[2H]C([2H])([2H])n1cc(-c2cnc(-c3cnc(N4CCC(NC(C)(C)C)C4)nn3)c(O)c2)cn1. The Labute approximate surface area is 206 Å². The van der Waals surface area contributed by atoms with Crippen LogP contribution in [0.25, 0.3) is 22.5 Å². The van der Waals surface area contributed by atoms with E-state index in [9.17, 15) is 5.11 Å². The summed E-state index contributed by atoms with van der Waals surface area (Å²) in [6.45, 7) is 5.22. The van der Waals surface area contributed by atoms with Crippen molar-refractivity contribution in [2.45, 2.75) is 38.8 Å². The maximum atomic E-state index is 10.5. The Kier molecular flexibility index (Phi) is 8.00. The number of nitrogens with one attached hydrogen (secondary N) is 1. The second-order valence-electron chi connectivity index (χ2n) is 8.45. The highest BCUT2D eigenvalue weighted by molar-refractivity contribution is 5.69. The van der Waals surface area contributed by atoms with Crippen LogP contribution in [0, 0.1) is 0 Å². The number of rotatable bonds is 4. The molecular formula is C22H30N8O5. The van der Waals surface area contributed by atoms with Gasteiger partial charge in [0.25, 0.3) is 12.9 Å². The maximum absolute atomic E-state index is 10.5. The van der Waals surface area contributed by atoms with Gasteiger partial charge in [-0.15, -0.1) is 10.2 Å². The van der Waals surface area contributed by atoms with Crippen molar-refractivity contribution in [3.8, 4) is 28.3 Å². The third kappa shape index (κ3) is 7.99. The summed E-state index contributed by atoms with van der Waals surface area (Å²) in [6, 6.07) is 1.85. The molecule has 0 bridgehead atoms. The third-order valence-corrected chi connectivity index (χ3v) is 4.68. The number of carboxylic acid groups (broad SMARTS) is 2. The fourth-order valence-electron chi connectivity index (χ4n) is 3.47. The third-order valence-electron chi connectivity index (χ3n) is 4.68. The molecule has 0 spiro atoms. The summed E-state index contributed by atoms with van der Waals surface area (Å²) < 4.78 is 23.1. The molecular weight excluding hydrogens is 456 g/mol. The molecule has 0 saturated carbocycles. The molecule has 13 nitrogen and oxygen atoms in total. The molecule has 3 aromatic heterocycles. The average Bonchev–Trinajstić information content (AvgIpc) is 3.49. The van der Waals surface area contributed by atoms with Crippen LogP contribution in [0.5, 0.6) is 5.75 Å². The first-order chi connectivity index (χ1) is 17.8. The van der Waals surface area contributed by atoms with Crippen molar-refractivity contribution in [2.75, 3.05) is 18.0 Å². The van der Waals surface area contributed by atoms with Crippen LogP contribution in [-0.4, -0.2) is 82.9 Å². The molecule has 3 aromatic rings. The van der Waals surface area contributed by atoms with Crippen molar-refractivity contribution >= 4 is 18.9 Å². The molecule has 13 heteroatoms. The fraction of sp³-hybridized carbons (Fsp3) is 0.409. The quantitative estimate of drug-likeness (QED) is 0.388. The summed E-state index contributed by atoms with van der Waals surface area (Å²) in [6.07, 6.45) is 6.87. The molecule has 1 unspecified atom stereocenters. The van der Waals surface area contributed by atoms with E-state index in [1.165, 1.54) is 24.7 Å². The molecule has 1 aliphatic heterocycles. The summed E-state index contributed by atoms with van der Waals surface area (Å²) in [5.41, 5.74) is 1.71. The first kappa shape index (κ1) is 22.7. The molecule has 0 amide bonds. The predicted molar refractivity (Wildman–Crippen MR) is 128 cm³/mol. The summed E-state index contributed by atoms with van der Waals surface area (Å²) in [5, 5.41) is 40.1. The van der Waals surface area contributed by atoms with E-state index in [0.29, 0.717) is 28.8 Å². The Bertz CT molecular complexity index is 1190. The van der Waals surface area contributed by atoms with E-state index in [-0.39, 0.29) is 29.9 Å². The molecule has 0 radical (unpaired) electrons. The van der Waals surface area contributed by atoms with Crippen molar-refractivity contribution in [1.82, 2.24) is 35.3 Å². The molecule has 4 N–H and O–H groups in total. The number of hydrogen-bond acceptors (Lipinski definition) is 10. The highest BCUT2D eigenvalue weighted by atomic mass is 16.3. The van der Waals surface area contributed by atoms with E-state index < -0.39 is 6.98 Å². The zero-order valence-corrected chi connectivity index (χ0v) is 19.5. The fourth-order valence-corrected chi connectivity index (χ4v) is 3.47. The minimum Gasteiger partial charge on any atom is -0.506 e. The number of aromatic hydroxyl groups is 1. The highest BCUT2D eigenvalue weighted by Crippen LogP contribution is 2.30. The standard InChI is InChI=1S/C20H26N8O.2CH2O2/c1-20(2,3)24-15-5-6-28(12-15)19-22-10-16(25-26-19)18-17(29)7-13(8-21-18)14-9-23-27(4)11-14;2*2-1-3/h7-11,15,24,29H,5-6,12H2,1-4H3;2*1H,(H,2,3)/i4D3;;. The van der Waals surface area contributed by atoms with Gasteiger partial charge >= 0.3 is 0 Å². The van der Waals surface area contributed by atoms with Crippen LogP contribution >= 0.6 is 0 Å². The minimum atomic E-state index is -2.37. The van der Waals surface area contributed by atoms with Gasteiger partial charge in [-0.1, -0.05) is 0 Å². The van der Waals surface area contributed by atoms with Crippen molar-refractivity contribution < 1.29 is 29.0 Å². The lowest BCUT2D eigenvalue weighted by Crippen LogP contribution is -2.45. The molecule has 1 aliphatic rings. The Morgan fingerprint density at radius 3 is 2.37 bits per heavy atom. The molecule has 0 aromatic carbocycles. The van der Waals surface area contributed by atoms with Crippen LogP contribution < -0.4 is 10.2 Å². The van der Waals surface area contributed by atoms with Crippen LogP contribution in [0.15, 0.2) is 30.9 Å². The number of aromatic nitrogens is 6. The molecule has 4 heterocycles. The van der Waals surface area contributed by atoms with Gasteiger partial charge in [-0.05, 0) is 33.3 Å². The van der Waals surface area contributed by atoms with Crippen molar-refractivity contribution in [3.05, 3.63) is 30.9 Å². The van der Waals surface area contributed by atoms with Gasteiger partial charge in [-0.25, -0.2) is 9.97 Å². The lowest BCUT2D eigenvalue weighted by Gasteiger charge is -2.25. The van der Waals surface area contributed by atoms with Gasteiger partial charge in [0.1, 0.15) is 17.1 Å². The van der Waals surface area contributed by atoms with Gasteiger partial charge in [0.05, 0.1) is 12.4 Å². The van der Waals surface area contributed by atoms with Gasteiger partial charge in [0.15, 0.2) is 0 Å². The number of aryl methyl sites for hydroxylation is 1. The van der Waals surface area contributed by atoms with Gasteiger partial charge in [0.2, 0.25) is 5.95 Å². The lowest BCUT2D eigenvalue weighted by atomic mass is 10.1. The van der Waals surface area contributed by atoms with Gasteiger partial charge < -0.3 is 25.5 Å². The molecule has 1 saturated heterocycles. The van der Waals surface area contributed by atoms with Crippen LogP contribution in [-0.2, 0) is 16.6 Å². The predicted octanol–water partition coefficient (Wildman–Crippen LogP) is 1.41. The van der Waals surface area contributed by atoms with Crippen molar-refractivity contribution in [1.29, 1.82) is 0 Å². The van der Waals surface area contributed by atoms with Crippen molar-refractivity contribution in [3.63, 3.8) is 0 Å². The lowest BCUT2D eigenvalue weighted by molar-refractivity contribution is -0.123. The average molecular weight is 490 g/mol. The molecule has 1 fully saturated rings. The van der Waals surface area contributed by atoms with E-state index in [2.05, 4.69) is 56.3 Å². The van der Waals surface area contributed by atoms with Crippen LogP contribution in [0.2, 0.25) is 0 Å². The van der Waals surface area contributed by atoms with E-state index in [4.69, 9.17) is 23.9 Å². The topological polar surface area (TPSA) is 179 Å². The maximum Gasteiger partial charge on any atom is 0.290 e. The second kappa shape index (κ2) is 12.4. The van der Waals surface area contributed by atoms with E-state index >= 15 is 0 Å². The molecule has 4 rings (SSSR count). The summed E-state index contributed by atoms with van der Waals surface area (Å²) in [7, 11) is 0. The number of carbonyl (C=O) groups is 2. The Morgan fingerprint density at radius 2 is 1.83 bits per heavy atom. The monoisotopic (exact) mass is 489 g/mol. The number of nitrogens with zero attached hydrogens (tertiary/aromatic N) is 7. The first-order valence-electron chi connectivity index (χ1n) is 12.0. The Morgan fingerprint density at radius 1 is 1.11 bits per heavy atom. The van der Waals surface area contributed by atoms with Crippen LogP contribution in [0.4, 0.5) is 5.95 Å². The van der Waals surface area contributed by atoms with Crippen LogP contribution in [0.3, 0.4) is 0 Å². The molecule has 35 heavy (non-hydrogen) atoms. The van der Waals surface area contributed by atoms with Crippen molar-refractivity contribution in [2.24, 2.45) is 6.98 Å². The molecule has 188 valence electrons. The molecule has 0 aliphatic carbocycles. The smallest absolute Gasteiger partial charge is 0.290 e. The van der Waals surface area contributed by atoms with E-state index in [1.54, 1.807) is 6.20 Å². The second-order valence-corrected chi connectivity index (χ2v) is 8.45. The normalized spacial score (nSPS) is 16.5. The molecule has 1 atom stereocenters. The van der Waals surface area contributed by atoms with Gasteiger partial charge in [-0.3, -0.25) is 14.3 Å². The Balaban J connectivity index is 0.000000773. The van der Waals surface area contributed by atoms with E-state index in [0.717, 1.165) is 24.2 Å². The summed E-state index contributed by atoms with van der Waals surface area (Å²) in [5.74, 6) is 0.434.